The maximum Gasteiger partial charge on any atom is 0.0643 e. The van der Waals surface area contributed by atoms with Gasteiger partial charge in [-0.1, -0.05) is 0 Å². The molecule has 10 heavy (non-hydrogen) atoms. The molecule has 1 aromatic heterocycles. The summed E-state index contributed by atoms with van der Waals surface area (Å²) in [6.45, 7) is 3.91. The first-order valence-electron chi connectivity index (χ1n) is 2.48. The summed E-state index contributed by atoms with van der Waals surface area (Å²) in [7, 11) is 0. The molecule has 0 saturated carbocycles. The van der Waals surface area contributed by atoms with E-state index in [-0.39, 0.29) is 24.8 Å². The van der Waals surface area contributed by atoms with Crippen LogP contribution in [0.4, 0.5) is 0 Å². The van der Waals surface area contributed by atoms with E-state index in [9.17, 15) is 0 Å². The largest absolute Gasteiger partial charge is 0.323 e. The van der Waals surface area contributed by atoms with Gasteiger partial charge in [-0.2, -0.15) is 9.89 Å². The smallest absolute Gasteiger partial charge is 0.0643 e. The minimum Gasteiger partial charge on any atom is -0.323 e. The minimum absolute atomic E-state index is 0. The van der Waals surface area contributed by atoms with Crippen LogP contribution in [0, 0.1) is 13.8 Å². The summed E-state index contributed by atoms with van der Waals surface area (Å²) >= 11 is 0. The fourth-order valence-corrected chi connectivity index (χ4v) is 0.573. The molecule has 3 nitrogen and oxygen atoms in total. The lowest BCUT2D eigenvalue weighted by molar-refractivity contribution is 0.817. The molecule has 0 aliphatic carbocycles. The quantitative estimate of drug-likeness (QED) is 0.612. The Balaban J connectivity index is 0. The Morgan fingerprint density at radius 2 is 1.90 bits per heavy atom. The molecule has 1 heterocycles. The van der Waals surface area contributed by atoms with Gasteiger partial charge in [-0.3, -0.25) is 0 Å². The maximum atomic E-state index is 5.28. The lowest BCUT2D eigenvalue weighted by atomic mass is 10.3. The van der Waals surface area contributed by atoms with Crippen molar-refractivity contribution < 1.29 is 0 Å². The van der Waals surface area contributed by atoms with Crippen LogP contribution in [0.2, 0.25) is 0 Å². The molecule has 0 aliphatic rings. The van der Waals surface area contributed by atoms with E-state index in [2.05, 4.69) is 5.10 Å². The van der Waals surface area contributed by atoms with E-state index in [1.807, 2.05) is 13.8 Å². The molecule has 0 atom stereocenters. The molecule has 60 valence electrons. The second kappa shape index (κ2) is 4.41. The second-order valence-corrected chi connectivity index (χ2v) is 1.88. The Morgan fingerprint density at radius 1 is 1.40 bits per heavy atom. The third kappa shape index (κ3) is 2.45. The van der Waals surface area contributed by atoms with E-state index in [0.717, 1.165) is 11.3 Å². The van der Waals surface area contributed by atoms with E-state index in [4.69, 9.17) is 5.84 Å². The summed E-state index contributed by atoms with van der Waals surface area (Å²) in [5.41, 5.74) is 2.13. The Kier molecular flexibility index (Phi) is 5.42. The standard InChI is InChI=1S/C5H9N3.2ClH/c1-4-3-8(6)7-5(4)2;;/h3H,6H2,1-2H3;2*1H. The highest BCUT2D eigenvalue weighted by atomic mass is 35.5. The van der Waals surface area contributed by atoms with E-state index in [1.54, 1.807) is 6.20 Å². The molecule has 0 radical (unpaired) electrons. The fraction of sp³-hybridized carbons (Fsp3) is 0.400. The van der Waals surface area contributed by atoms with Crippen molar-refractivity contribution in [3.05, 3.63) is 17.5 Å². The first kappa shape index (κ1) is 12.3. The Bertz CT molecular complexity index is 177. The second-order valence-electron chi connectivity index (χ2n) is 1.88. The van der Waals surface area contributed by atoms with Crippen molar-refractivity contribution in [2.45, 2.75) is 13.8 Å². The zero-order valence-electron chi connectivity index (χ0n) is 5.87. The molecule has 1 rings (SSSR count). The highest BCUT2D eigenvalue weighted by molar-refractivity contribution is 5.85. The van der Waals surface area contributed by atoms with E-state index < -0.39 is 0 Å². The molecule has 0 aromatic carbocycles. The van der Waals surface area contributed by atoms with Gasteiger partial charge in [-0.05, 0) is 19.4 Å². The number of nitrogens with two attached hydrogens (primary N) is 1. The molecule has 0 unspecified atom stereocenters. The Labute approximate surface area is 72.4 Å². The maximum absolute atomic E-state index is 5.28. The number of nitrogen functional groups attached to an aromatic ring is 1. The molecule has 0 amide bonds. The van der Waals surface area contributed by atoms with Crippen molar-refractivity contribution in [1.82, 2.24) is 9.89 Å². The monoisotopic (exact) mass is 183 g/mol. The van der Waals surface area contributed by atoms with Gasteiger partial charge in [0.1, 0.15) is 0 Å². The summed E-state index contributed by atoms with van der Waals surface area (Å²) < 4.78 is 0. The molecule has 5 heteroatoms. The zero-order chi connectivity index (χ0) is 6.15. The molecule has 0 bridgehead atoms. The average Bonchev–Trinajstić information content (AvgIpc) is 1.85. The first-order chi connectivity index (χ1) is 3.70. The van der Waals surface area contributed by atoms with Gasteiger partial charge in [0.25, 0.3) is 0 Å². The van der Waals surface area contributed by atoms with Crippen LogP contribution in [-0.2, 0) is 0 Å². The normalized spacial score (nSPS) is 7.80. The van der Waals surface area contributed by atoms with Crippen LogP contribution in [0.1, 0.15) is 11.3 Å². The van der Waals surface area contributed by atoms with Gasteiger partial charge in [-0.15, -0.1) is 24.8 Å². The fourth-order valence-electron chi connectivity index (χ4n) is 0.573. The van der Waals surface area contributed by atoms with Gasteiger partial charge in [0.15, 0.2) is 0 Å². The molecule has 0 aliphatic heterocycles. The predicted octanol–water partition coefficient (Wildman–Crippen LogP) is 1.06. The van der Waals surface area contributed by atoms with Gasteiger partial charge in [0.2, 0.25) is 0 Å². The lowest BCUT2D eigenvalue weighted by Crippen LogP contribution is -2.07. The van der Waals surface area contributed by atoms with Gasteiger partial charge in [0, 0.05) is 0 Å². The third-order valence-electron chi connectivity index (χ3n) is 1.16. The van der Waals surface area contributed by atoms with Gasteiger partial charge in [0.05, 0.1) is 11.9 Å². The van der Waals surface area contributed by atoms with Crippen molar-refractivity contribution in [3.63, 3.8) is 0 Å². The Morgan fingerprint density at radius 3 is 2.00 bits per heavy atom. The lowest BCUT2D eigenvalue weighted by Gasteiger charge is -1.81. The molecular weight excluding hydrogens is 173 g/mol. The van der Waals surface area contributed by atoms with Crippen LogP contribution in [0.25, 0.3) is 0 Å². The van der Waals surface area contributed by atoms with Crippen LogP contribution in [0.3, 0.4) is 0 Å². The molecule has 1 aromatic rings. The highest BCUT2D eigenvalue weighted by Crippen LogP contribution is 1.98. The number of aromatic nitrogens is 2. The van der Waals surface area contributed by atoms with Crippen LogP contribution >= 0.6 is 24.8 Å². The van der Waals surface area contributed by atoms with Gasteiger partial charge in [-0.25, -0.2) is 0 Å². The summed E-state index contributed by atoms with van der Waals surface area (Å²) in [5, 5.41) is 3.91. The summed E-state index contributed by atoms with van der Waals surface area (Å²) in [4.78, 5) is 1.32. The number of nitrogens with zero attached hydrogens (tertiary/aromatic N) is 2. The van der Waals surface area contributed by atoms with Crippen molar-refractivity contribution in [2.24, 2.45) is 0 Å². The first-order valence-corrected chi connectivity index (χ1v) is 2.48. The van der Waals surface area contributed by atoms with E-state index in [0.29, 0.717) is 0 Å². The van der Waals surface area contributed by atoms with E-state index >= 15 is 0 Å². The van der Waals surface area contributed by atoms with Crippen LogP contribution in [-0.4, -0.2) is 9.89 Å². The zero-order valence-corrected chi connectivity index (χ0v) is 7.50. The van der Waals surface area contributed by atoms with Crippen molar-refractivity contribution in [1.29, 1.82) is 0 Å². The SMILES string of the molecule is Cc1cn(N)nc1C.Cl.Cl. The van der Waals surface area contributed by atoms with Crippen molar-refractivity contribution in [3.8, 4) is 0 Å². The van der Waals surface area contributed by atoms with Crippen molar-refractivity contribution in [2.75, 3.05) is 5.84 Å². The summed E-state index contributed by atoms with van der Waals surface area (Å²) in [6.07, 6.45) is 1.79. The number of hydrogen-bond donors (Lipinski definition) is 1. The molecule has 0 spiro atoms. The predicted molar refractivity (Wildman–Crippen MR) is 46.3 cm³/mol. The number of hydrogen-bond acceptors (Lipinski definition) is 2. The minimum atomic E-state index is 0. The average molecular weight is 184 g/mol. The number of aryl methyl sites for hydroxylation is 2. The van der Waals surface area contributed by atoms with Gasteiger partial charge >= 0.3 is 0 Å². The Hall–Kier alpha value is -0.410. The summed E-state index contributed by atoms with van der Waals surface area (Å²) in [5.74, 6) is 5.28. The molecular formula is C5H11Cl2N3. The van der Waals surface area contributed by atoms with E-state index in [1.165, 1.54) is 4.79 Å². The van der Waals surface area contributed by atoms with Crippen molar-refractivity contribution >= 4 is 24.8 Å². The molecule has 0 saturated heterocycles. The summed E-state index contributed by atoms with van der Waals surface area (Å²) in [6, 6.07) is 0. The van der Waals surface area contributed by atoms with Gasteiger partial charge < -0.3 is 5.84 Å². The van der Waals surface area contributed by atoms with Crippen LogP contribution < -0.4 is 5.84 Å². The molecule has 0 fully saturated rings. The number of rotatable bonds is 0. The van der Waals surface area contributed by atoms with Crippen LogP contribution in [0.5, 0.6) is 0 Å². The third-order valence-corrected chi connectivity index (χ3v) is 1.16. The topological polar surface area (TPSA) is 43.8 Å². The number of halogens is 2. The highest BCUT2D eigenvalue weighted by Gasteiger charge is 1.93. The van der Waals surface area contributed by atoms with Crippen LogP contribution in [0.15, 0.2) is 6.20 Å². The molecule has 2 N–H and O–H groups in total.